The third-order valence-electron chi connectivity index (χ3n) is 5.23. The highest BCUT2D eigenvalue weighted by molar-refractivity contribution is 7.18. The summed E-state index contributed by atoms with van der Waals surface area (Å²) < 4.78 is 75.1. The molecule has 0 amide bonds. The fourth-order valence-electron chi connectivity index (χ4n) is 3.55. The summed E-state index contributed by atoms with van der Waals surface area (Å²) >= 11 is 1.09. The van der Waals surface area contributed by atoms with E-state index in [9.17, 15) is 32.0 Å². The topological polar surface area (TPSA) is 67.9 Å². The third kappa shape index (κ3) is 4.99. The Morgan fingerprint density at radius 3 is 2.44 bits per heavy atom. The molecule has 0 aliphatic carbocycles. The monoisotopic (exact) mass is 517 g/mol. The quantitative estimate of drug-likeness (QED) is 0.284. The minimum atomic E-state index is -4.97. The molecule has 4 aromatic rings. The van der Waals surface area contributed by atoms with Crippen LogP contribution in [0.5, 0.6) is 5.88 Å². The van der Waals surface area contributed by atoms with Crippen molar-refractivity contribution in [2.45, 2.75) is 19.6 Å². The molecule has 11 heteroatoms. The van der Waals surface area contributed by atoms with Gasteiger partial charge in [0.25, 0.3) is 5.56 Å². The molecule has 0 bridgehead atoms. The fraction of sp³-hybridized carbons (Fsp3) is 0.160. The van der Waals surface area contributed by atoms with E-state index in [1.54, 1.807) is 24.4 Å². The van der Waals surface area contributed by atoms with Crippen LogP contribution in [0.2, 0.25) is 0 Å². The zero-order valence-electron chi connectivity index (χ0n) is 18.6. The van der Waals surface area contributed by atoms with Crippen LogP contribution in [-0.2, 0) is 12.7 Å². The Morgan fingerprint density at radius 1 is 1.08 bits per heavy atom. The van der Waals surface area contributed by atoms with Gasteiger partial charge in [-0.15, -0.1) is 11.3 Å². The lowest BCUT2D eigenvalue weighted by Crippen LogP contribution is -2.28. The lowest BCUT2D eigenvalue weighted by molar-refractivity contribution is -0.137. The zero-order chi connectivity index (χ0) is 26.0. The average Bonchev–Trinajstić information content (AvgIpc) is 3.31. The molecule has 0 N–H and O–H groups in total. The second-order valence-electron chi connectivity index (χ2n) is 7.54. The van der Waals surface area contributed by atoms with Crippen molar-refractivity contribution in [3.05, 3.63) is 93.4 Å². The van der Waals surface area contributed by atoms with Crippen LogP contribution >= 0.6 is 11.3 Å². The lowest BCUT2D eigenvalue weighted by atomic mass is 10.1. The maximum atomic E-state index is 14.4. The van der Waals surface area contributed by atoms with Crippen molar-refractivity contribution < 1.29 is 26.7 Å². The molecule has 0 fully saturated rings. The van der Waals surface area contributed by atoms with E-state index in [1.807, 2.05) is 6.92 Å². The summed E-state index contributed by atoms with van der Waals surface area (Å²) in [7, 11) is 0. The molecule has 0 unspecified atom stereocenters. The number of hydrogen-bond donors (Lipinski definition) is 0. The van der Waals surface area contributed by atoms with Crippen LogP contribution in [-0.4, -0.2) is 16.2 Å². The minimum Gasteiger partial charge on any atom is -0.478 e. The van der Waals surface area contributed by atoms with Gasteiger partial charge in [0.1, 0.15) is 23.3 Å². The highest BCUT2D eigenvalue weighted by Gasteiger charge is 2.36. The Hall–Kier alpha value is -4.04. The van der Waals surface area contributed by atoms with Crippen LogP contribution < -0.4 is 10.3 Å². The van der Waals surface area contributed by atoms with Gasteiger partial charge in [0.05, 0.1) is 29.3 Å². The normalized spacial score (nSPS) is 11.4. The van der Waals surface area contributed by atoms with Gasteiger partial charge < -0.3 is 9.30 Å². The van der Waals surface area contributed by atoms with E-state index in [4.69, 9.17) is 4.74 Å². The van der Waals surface area contributed by atoms with Gasteiger partial charge in [-0.1, -0.05) is 6.07 Å². The molecule has 0 aliphatic heterocycles. The number of hydrogen-bond acceptors (Lipinski definition) is 5. The molecule has 0 spiro atoms. The first-order chi connectivity index (χ1) is 17.1. The number of pyridine rings is 2. The van der Waals surface area contributed by atoms with Gasteiger partial charge in [0.15, 0.2) is 0 Å². The SMILES string of the molecule is CCOc1ccc(-c2ccc(-c3cc(C(F)(F)F)c(C#N)c(=O)n3Cc3ccc(F)cc3F)s2)cn1. The summed E-state index contributed by atoms with van der Waals surface area (Å²) in [5, 5.41) is 9.32. The standard InChI is InChI=1S/C25H16F5N3O2S/c1-2-35-23-8-4-14(12-32-23)21-6-7-22(36-21)20-10-18(25(28,29)30)17(11-31)24(34)33(20)13-15-3-5-16(26)9-19(15)27/h3-10,12H,2,13H2,1H3. The predicted molar refractivity (Wildman–Crippen MR) is 124 cm³/mol. The summed E-state index contributed by atoms with van der Waals surface area (Å²) in [5.41, 5.74) is -3.36. The van der Waals surface area contributed by atoms with Crippen LogP contribution in [0, 0.1) is 23.0 Å². The molecule has 184 valence electrons. The molecular formula is C25H16F5N3O2S. The van der Waals surface area contributed by atoms with Crippen LogP contribution in [0.1, 0.15) is 23.6 Å². The van der Waals surface area contributed by atoms with Gasteiger partial charge in [0.2, 0.25) is 5.88 Å². The Balaban J connectivity index is 1.87. The second-order valence-corrected chi connectivity index (χ2v) is 8.62. The summed E-state index contributed by atoms with van der Waals surface area (Å²) in [4.78, 5) is 18.1. The van der Waals surface area contributed by atoms with Crippen molar-refractivity contribution in [2.24, 2.45) is 0 Å². The predicted octanol–water partition coefficient (Wildman–Crippen LogP) is 6.25. The molecule has 0 radical (unpaired) electrons. The van der Waals surface area contributed by atoms with E-state index in [-0.39, 0.29) is 16.1 Å². The molecule has 36 heavy (non-hydrogen) atoms. The number of rotatable bonds is 6. The van der Waals surface area contributed by atoms with Gasteiger partial charge in [-0.2, -0.15) is 18.4 Å². The van der Waals surface area contributed by atoms with E-state index in [2.05, 4.69) is 4.98 Å². The Labute approximate surface area is 205 Å². The molecule has 4 rings (SSSR count). The number of nitriles is 1. The maximum Gasteiger partial charge on any atom is 0.417 e. The van der Waals surface area contributed by atoms with Crippen molar-refractivity contribution in [1.82, 2.24) is 9.55 Å². The summed E-state index contributed by atoms with van der Waals surface area (Å²) in [5.74, 6) is -1.41. The smallest absolute Gasteiger partial charge is 0.417 e. The largest absolute Gasteiger partial charge is 0.478 e. The Kier molecular flexibility index (Phi) is 6.90. The Bertz CT molecular complexity index is 1520. The van der Waals surface area contributed by atoms with E-state index >= 15 is 0 Å². The molecule has 0 saturated heterocycles. The summed E-state index contributed by atoms with van der Waals surface area (Å²) in [6.07, 6.45) is -3.43. The van der Waals surface area contributed by atoms with Crippen LogP contribution in [0.4, 0.5) is 22.0 Å². The van der Waals surface area contributed by atoms with Crippen molar-refractivity contribution in [1.29, 1.82) is 5.26 Å². The Morgan fingerprint density at radius 2 is 1.83 bits per heavy atom. The summed E-state index contributed by atoms with van der Waals surface area (Å²) in [6.45, 7) is 1.73. The van der Waals surface area contributed by atoms with E-state index < -0.39 is 41.0 Å². The fourth-order valence-corrected chi connectivity index (χ4v) is 4.57. The lowest BCUT2D eigenvalue weighted by Gasteiger charge is -2.17. The second kappa shape index (κ2) is 9.91. The van der Waals surface area contributed by atoms with Gasteiger partial charge in [-0.3, -0.25) is 4.79 Å². The number of nitrogens with zero attached hydrogens (tertiary/aromatic N) is 3. The zero-order valence-corrected chi connectivity index (χ0v) is 19.4. The maximum absolute atomic E-state index is 14.4. The molecule has 0 atom stereocenters. The summed E-state index contributed by atoms with van der Waals surface area (Å²) in [6, 6.07) is 11.2. The molecule has 3 heterocycles. The molecule has 1 aromatic carbocycles. The van der Waals surface area contributed by atoms with Gasteiger partial charge in [0, 0.05) is 34.3 Å². The van der Waals surface area contributed by atoms with Crippen molar-refractivity contribution in [2.75, 3.05) is 6.61 Å². The van der Waals surface area contributed by atoms with Crippen LogP contribution in [0.3, 0.4) is 0 Å². The van der Waals surface area contributed by atoms with Crippen LogP contribution in [0.25, 0.3) is 21.0 Å². The highest BCUT2D eigenvalue weighted by atomic mass is 32.1. The first-order valence-corrected chi connectivity index (χ1v) is 11.3. The minimum absolute atomic E-state index is 0.129. The number of benzene rings is 1. The molecular weight excluding hydrogens is 501 g/mol. The number of aromatic nitrogens is 2. The van der Waals surface area contributed by atoms with Gasteiger partial charge in [-0.05, 0) is 37.3 Å². The first-order valence-electron chi connectivity index (χ1n) is 10.5. The van der Waals surface area contributed by atoms with Crippen molar-refractivity contribution >= 4 is 11.3 Å². The molecule has 0 saturated carbocycles. The van der Waals surface area contributed by atoms with Gasteiger partial charge in [-0.25, -0.2) is 13.8 Å². The first kappa shape index (κ1) is 25.1. The van der Waals surface area contributed by atoms with Gasteiger partial charge >= 0.3 is 6.18 Å². The van der Waals surface area contributed by atoms with Crippen LogP contribution in [0.15, 0.2) is 59.5 Å². The molecule has 3 aromatic heterocycles. The number of halogens is 5. The van der Waals surface area contributed by atoms with Crippen molar-refractivity contribution in [3.63, 3.8) is 0 Å². The van der Waals surface area contributed by atoms with E-state index in [1.165, 1.54) is 12.1 Å². The number of alkyl halides is 3. The van der Waals surface area contributed by atoms with E-state index in [0.29, 0.717) is 35.1 Å². The highest BCUT2D eigenvalue weighted by Crippen LogP contribution is 2.38. The number of ether oxygens (including phenoxy) is 1. The van der Waals surface area contributed by atoms with Crippen molar-refractivity contribution in [3.8, 4) is 33.0 Å². The molecule has 5 nitrogen and oxygen atoms in total. The number of thiophene rings is 1. The molecule has 0 aliphatic rings. The average molecular weight is 517 g/mol. The third-order valence-corrected chi connectivity index (χ3v) is 6.39. The van der Waals surface area contributed by atoms with E-state index in [0.717, 1.165) is 28.0 Å².